The highest BCUT2D eigenvalue weighted by molar-refractivity contribution is 6.27. The van der Waals surface area contributed by atoms with Crippen LogP contribution in [0.3, 0.4) is 0 Å². The summed E-state index contributed by atoms with van der Waals surface area (Å²) in [7, 11) is 0. The van der Waals surface area contributed by atoms with E-state index in [0.29, 0.717) is 0 Å². The molecule has 0 radical (unpaired) electrons. The van der Waals surface area contributed by atoms with Crippen molar-refractivity contribution in [1.29, 1.82) is 0 Å². The molecule has 2 amide bonds. The minimum absolute atomic E-state index is 0.167. The molecule has 0 atom stereocenters. The van der Waals surface area contributed by atoms with Gasteiger partial charge in [-0.2, -0.15) is 0 Å². The highest BCUT2D eigenvalue weighted by atomic mass is 35.5. The van der Waals surface area contributed by atoms with Crippen molar-refractivity contribution in [2.24, 2.45) is 0 Å². The Morgan fingerprint density at radius 2 is 1.47 bits per heavy atom. The maximum absolute atomic E-state index is 11.2. The van der Waals surface area contributed by atoms with Crippen LogP contribution in [-0.2, 0) is 9.59 Å². The summed E-state index contributed by atoms with van der Waals surface area (Å²) in [5.41, 5.74) is 0.754. The topological polar surface area (TPSA) is 58.2 Å². The Morgan fingerprint density at radius 1 is 1.00 bits per heavy atom. The van der Waals surface area contributed by atoms with E-state index in [1.165, 1.54) is 0 Å². The smallest absolute Gasteiger partial charge is 0.236 e. The van der Waals surface area contributed by atoms with Crippen molar-refractivity contribution in [3.8, 4) is 0 Å². The normalized spacial score (nSPS) is 10.1. The highest BCUT2D eigenvalue weighted by Gasteiger charge is 2.15. The molecule has 1 aromatic rings. The number of nitrogens with one attached hydrogen (secondary N) is 2. The maximum atomic E-state index is 11.2. The van der Waals surface area contributed by atoms with Gasteiger partial charge >= 0.3 is 0 Å². The third kappa shape index (κ3) is 4.63. The molecule has 6 heteroatoms. The number of carbonyl (C=O) groups is 2. The van der Waals surface area contributed by atoms with Gasteiger partial charge in [-0.05, 0) is 5.56 Å². The van der Waals surface area contributed by atoms with Gasteiger partial charge in [-0.15, -0.1) is 23.2 Å². The van der Waals surface area contributed by atoms with Crippen molar-refractivity contribution in [2.75, 3.05) is 11.8 Å². The SMILES string of the molecule is O=C(CCl)NC(NC(=O)CCl)c1ccccc1. The predicted octanol–water partition coefficient (Wildman–Crippen LogP) is 1.40. The van der Waals surface area contributed by atoms with Crippen LogP contribution in [-0.4, -0.2) is 23.6 Å². The number of rotatable bonds is 5. The average molecular weight is 275 g/mol. The van der Waals surface area contributed by atoms with E-state index in [0.717, 1.165) is 5.56 Å². The lowest BCUT2D eigenvalue weighted by Crippen LogP contribution is -2.42. The van der Waals surface area contributed by atoms with E-state index in [4.69, 9.17) is 23.2 Å². The molecule has 0 spiro atoms. The number of hydrogen-bond acceptors (Lipinski definition) is 2. The van der Waals surface area contributed by atoms with Crippen LogP contribution in [0, 0.1) is 0 Å². The first-order valence-electron chi connectivity index (χ1n) is 4.93. The number of amides is 2. The van der Waals surface area contributed by atoms with Crippen LogP contribution in [0.4, 0.5) is 0 Å². The summed E-state index contributed by atoms with van der Waals surface area (Å²) in [5.74, 6) is -1.06. The molecular formula is C11H12Cl2N2O2. The molecule has 4 nitrogen and oxygen atoms in total. The van der Waals surface area contributed by atoms with E-state index < -0.39 is 6.17 Å². The van der Waals surface area contributed by atoms with Crippen LogP contribution < -0.4 is 10.6 Å². The van der Waals surface area contributed by atoms with E-state index >= 15 is 0 Å². The Balaban J connectivity index is 2.79. The summed E-state index contributed by atoms with van der Waals surface area (Å²) in [6.07, 6.45) is -0.617. The van der Waals surface area contributed by atoms with Gasteiger partial charge in [0.2, 0.25) is 11.8 Å². The van der Waals surface area contributed by atoms with Crippen molar-refractivity contribution in [3.05, 3.63) is 35.9 Å². The lowest BCUT2D eigenvalue weighted by atomic mass is 10.1. The zero-order chi connectivity index (χ0) is 12.7. The van der Waals surface area contributed by atoms with E-state index in [9.17, 15) is 9.59 Å². The van der Waals surface area contributed by atoms with Crippen molar-refractivity contribution < 1.29 is 9.59 Å². The first-order chi connectivity index (χ1) is 8.17. The number of carbonyl (C=O) groups excluding carboxylic acids is 2. The van der Waals surface area contributed by atoms with Crippen molar-refractivity contribution in [2.45, 2.75) is 6.17 Å². The molecule has 0 heterocycles. The van der Waals surface area contributed by atoms with Gasteiger partial charge in [0.15, 0.2) is 0 Å². The average Bonchev–Trinajstić information content (AvgIpc) is 2.38. The lowest BCUT2D eigenvalue weighted by Gasteiger charge is -2.19. The highest BCUT2D eigenvalue weighted by Crippen LogP contribution is 2.09. The van der Waals surface area contributed by atoms with Gasteiger partial charge in [0, 0.05) is 0 Å². The molecule has 0 aliphatic rings. The summed E-state index contributed by atoms with van der Waals surface area (Å²) in [6, 6.07) is 9.03. The molecule has 1 aromatic carbocycles. The summed E-state index contributed by atoms with van der Waals surface area (Å²) in [6.45, 7) is 0. The number of halogens is 2. The van der Waals surface area contributed by atoms with E-state index in [1.807, 2.05) is 18.2 Å². The Labute approximate surface area is 109 Å². The molecule has 1 rings (SSSR count). The predicted molar refractivity (Wildman–Crippen MR) is 66.9 cm³/mol. The van der Waals surface area contributed by atoms with Crippen molar-refractivity contribution in [1.82, 2.24) is 10.6 Å². The molecule has 0 aliphatic heterocycles. The van der Waals surface area contributed by atoms with Crippen LogP contribution in [0.2, 0.25) is 0 Å². The summed E-state index contributed by atoms with van der Waals surface area (Å²) in [5, 5.41) is 5.17. The lowest BCUT2D eigenvalue weighted by molar-refractivity contribution is -0.122. The fourth-order valence-electron chi connectivity index (χ4n) is 1.25. The fourth-order valence-corrected chi connectivity index (χ4v) is 1.40. The van der Waals surface area contributed by atoms with Crippen LogP contribution in [0.1, 0.15) is 11.7 Å². The van der Waals surface area contributed by atoms with Crippen molar-refractivity contribution >= 4 is 35.0 Å². The molecule has 0 unspecified atom stereocenters. The van der Waals surface area contributed by atoms with Gasteiger partial charge in [-0.3, -0.25) is 9.59 Å². The van der Waals surface area contributed by atoms with Crippen molar-refractivity contribution in [3.63, 3.8) is 0 Å². The summed E-state index contributed by atoms with van der Waals surface area (Å²) < 4.78 is 0. The standard InChI is InChI=1S/C11H12Cl2N2O2/c12-6-9(16)14-11(15-10(17)7-13)8-4-2-1-3-5-8/h1-5,11H,6-7H2,(H,14,16)(H,15,17). The Kier molecular flexibility index (Phi) is 5.80. The van der Waals surface area contributed by atoms with Gasteiger partial charge in [0.05, 0.1) is 0 Å². The zero-order valence-electron chi connectivity index (χ0n) is 8.95. The Hall–Kier alpha value is -1.26. The zero-order valence-corrected chi connectivity index (χ0v) is 10.5. The van der Waals surface area contributed by atoms with Gasteiger partial charge < -0.3 is 10.6 Å². The molecule has 17 heavy (non-hydrogen) atoms. The number of benzene rings is 1. The van der Waals surface area contributed by atoms with Crippen LogP contribution in [0.5, 0.6) is 0 Å². The second-order valence-corrected chi connectivity index (χ2v) is 3.78. The Bertz CT molecular complexity index is 366. The van der Waals surface area contributed by atoms with E-state index in [1.54, 1.807) is 12.1 Å². The van der Waals surface area contributed by atoms with E-state index in [-0.39, 0.29) is 23.6 Å². The number of hydrogen-bond donors (Lipinski definition) is 2. The minimum atomic E-state index is -0.617. The van der Waals surface area contributed by atoms with Gasteiger partial charge in [0.25, 0.3) is 0 Å². The minimum Gasteiger partial charge on any atom is -0.331 e. The molecule has 0 fully saturated rings. The Morgan fingerprint density at radius 3 is 1.88 bits per heavy atom. The summed E-state index contributed by atoms with van der Waals surface area (Å²) in [4.78, 5) is 22.5. The largest absolute Gasteiger partial charge is 0.331 e. The molecule has 0 saturated heterocycles. The molecular weight excluding hydrogens is 263 g/mol. The first-order valence-corrected chi connectivity index (χ1v) is 6.00. The molecule has 0 bridgehead atoms. The first kappa shape index (κ1) is 13.8. The molecule has 0 aliphatic carbocycles. The second kappa shape index (κ2) is 7.14. The molecule has 92 valence electrons. The summed E-state index contributed by atoms with van der Waals surface area (Å²) >= 11 is 10.8. The third-order valence-corrected chi connectivity index (χ3v) is 2.47. The second-order valence-electron chi connectivity index (χ2n) is 3.25. The molecule has 0 saturated carbocycles. The third-order valence-electron chi connectivity index (χ3n) is 1.99. The van der Waals surface area contributed by atoms with Gasteiger partial charge in [0.1, 0.15) is 17.9 Å². The monoisotopic (exact) mass is 274 g/mol. The molecule has 2 N–H and O–H groups in total. The maximum Gasteiger partial charge on any atom is 0.236 e. The molecule has 0 aromatic heterocycles. The fraction of sp³-hybridized carbons (Fsp3) is 0.273. The van der Waals surface area contributed by atoms with E-state index in [2.05, 4.69) is 10.6 Å². The van der Waals surface area contributed by atoms with Crippen LogP contribution >= 0.6 is 23.2 Å². The van der Waals surface area contributed by atoms with Gasteiger partial charge in [-0.25, -0.2) is 0 Å². The van der Waals surface area contributed by atoms with Crippen LogP contribution in [0.15, 0.2) is 30.3 Å². The van der Waals surface area contributed by atoms with Crippen LogP contribution in [0.25, 0.3) is 0 Å². The van der Waals surface area contributed by atoms with Gasteiger partial charge in [-0.1, -0.05) is 30.3 Å². The quantitative estimate of drug-likeness (QED) is 0.630. The number of alkyl halides is 2.